The number of aryl methyl sites for hydroxylation is 1. The number of aliphatic imine (C=N–C) groups is 1. The zero-order chi connectivity index (χ0) is 19.0. The number of hydrogen-bond donors (Lipinski definition) is 1. The average Bonchev–Trinajstić information content (AvgIpc) is 2.97. The van der Waals surface area contributed by atoms with Crippen molar-refractivity contribution in [1.82, 2.24) is 10.3 Å². The van der Waals surface area contributed by atoms with Crippen molar-refractivity contribution in [2.75, 3.05) is 0 Å². The first-order valence-corrected chi connectivity index (χ1v) is 9.67. The van der Waals surface area contributed by atoms with Crippen LogP contribution < -0.4 is 5.32 Å². The fourth-order valence-corrected chi connectivity index (χ4v) is 3.99. The van der Waals surface area contributed by atoms with Crippen LogP contribution in [0.5, 0.6) is 0 Å². The van der Waals surface area contributed by atoms with Gasteiger partial charge in [-0.3, -0.25) is 9.78 Å². The molecule has 4 nitrogen and oxygen atoms in total. The predicted molar refractivity (Wildman–Crippen MR) is 114 cm³/mol. The Morgan fingerprint density at radius 3 is 2.70 bits per heavy atom. The molecule has 4 rings (SSSR count). The van der Waals surface area contributed by atoms with Crippen LogP contribution in [-0.2, 0) is 4.79 Å². The Morgan fingerprint density at radius 1 is 1.15 bits per heavy atom. The van der Waals surface area contributed by atoms with Crippen LogP contribution in [0, 0.1) is 6.92 Å². The van der Waals surface area contributed by atoms with Gasteiger partial charge in [0.2, 0.25) is 0 Å². The first-order valence-electron chi connectivity index (χ1n) is 8.09. The molecule has 0 atom stereocenters. The third-order valence-corrected chi connectivity index (χ3v) is 5.46. The molecule has 1 amide bonds. The molecule has 0 unspecified atom stereocenters. The van der Waals surface area contributed by atoms with E-state index in [0.717, 1.165) is 22.0 Å². The van der Waals surface area contributed by atoms with Gasteiger partial charge in [0.15, 0.2) is 5.17 Å². The summed E-state index contributed by atoms with van der Waals surface area (Å²) in [4.78, 5) is 21.6. The lowest BCUT2D eigenvalue weighted by Crippen LogP contribution is -2.19. The maximum atomic E-state index is 12.3. The van der Waals surface area contributed by atoms with Gasteiger partial charge in [0.25, 0.3) is 5.91 Å². The zero-order valence-electron chi connectivity index (χ0n) is 14.2. The highest BCUT2D eigenvalue weighted by molar-refractivity contribution is 8.18. The van der Waals surface area contributed by atoms with Crippen LogP contribution in [0.1, 0.15) is 11.1 Å². The number of nitrogens with one attached hydrogen (secondary N) is 1. The third-order valence-electron chi connectivity index (χ3n) is 3.94. The molecule has 0 bridgehead atoms. The van der Waals surface area contributed by atoms with Gasteiger partial charge in [-0.15, -0.1) is 0 Å². The predicted octanol–water partition coefficient (Wildman–Crippen LogP) is 5.74. The van der Waals surface area contributed by atoms with Crippen LogP contribution in [0.15, 0.2) is 58.6 Å². The van der Waals surface area contributed by atoms with Crippen molar-refractivity contribution in [3.63, 3.8) is 0 Å². The first-order chi connectivity index (χ1) is 13.0. The third kappa shape index (κ3) is 3.86. The molecular formula is C20H13Cl2N3OS. The minimum atomic E-state index is -0.204. The van der Waals surface area contributed by atoms with Crippen molar-refractivity contribution >= 4 is 68.7 Å². The van der Waals surface area contributed by atoms with Crippen LogP contribution in [-0.4, -0.2) is 16.1 Å². The molecule has 0 saturated carbocycles. The van der Waals surface area contributed by atoms with Crippen LogP contribution in [0.25, 0.3) is 17.0 Å². The molecule has 2 aromatic carbocycles. The van der Waals surface area contributed by atoms with Crippen molar-refractivity contribution in [3.8, 4) is 0 Å². The molecule has 3 aromatic rings. The number of carbonyl (C=O) groups excluding carboxylic acids is 1. The zero-order valence-corrected chi connectivity index (χ0v) is 16.5. The number of hydrogen-bond acceptors (Lipinski definition) is 4. The smallest absolute Gasteiger partial charge is 0.264 e. The number of thioether (sulfide) groups is 1. The number of fused-ring (bicyclic) bond motifs is 1. The van der Waals surface area contributed by atoms with Crippen LogP contribution in [0.2, 0.25) is 10.0 Å². The Hall–Kier alpha value is -2.34. The van der Waals surface area contributed by atoms with Crippen molar-refractivity contribution in [1.29, 1.82) is 0 Å². The van der Waals surface area contributed by atoms with E-state index in [9.17, 15) is 4.79 Å². The van der Waals surface area contributed by atoms with E-state index in [4.69, 9.17) is 23.2 Å². The second-order valence-corrected chi connectivity index (χ2v) is 7.86. The van der Waals surface area contributed by atoms with E-state index in [1.54, 1.807) is 18.2 Å². The quantitative estimate of drug-likeness (QED) is 0.544. The fourth-order valence-electron chi connectivity index (χ4n) is 2.68. The summed E-state index contributed by atoms with van der Waals surface area (Å²) >= 11 is 13.5. The molecule has 0 spiro atoms. The molecule has 1 saturated heterocycles. The van der Waals surface area contributed by atoms with Crippen molar-refractivity contribution in [3.05, 3.63) is 74.7 Å². The number of halogens is 2. The maximum absolute atomic E-state index is 12.3. The summed E-state index contributed by atoms with van der Waals surface area (Å²) in [6.45, 7) is 2.00. The largest absolute Gasteiger partial charge is 0.300 e. The van der Waals surface area contributed by atoms with Gasteiger partial charge >= 0.3 is 0 Å². The number of benzene rings is 2. The lowest BCUT2D eigenvalue weighted by atomic mass is 10.1. The maximum Gasteiger partial charge on any atom is 0.264 e. The van der Waals surface area contributed by atoms with Crippen LogP contribution >= 0.6 is 35.0 Å². The molecule has 1 aliphatic rings. The van der Waals surface area contributed by atoms with Crippen LogP contribution in [0.4, 0.5) is 5.69 Å². The molecule has 27 heavy (non-hydrogen) atoms. The highest BCUT2D eigenvalue weighted by atomic mass is 35.5. The molecule has 0 radical (unpaired) electrons. The molecule has 1 aromatic heterocycles. The monoisotopic (exact) mass is 413 g/mol. The number of nitrogens with zero attached hydrogens (tertiary/aromatic N) is 2. The summed E-state index contributed by atoms with van der Waals surface area (Å²) in [6, 6.07) is 13.1. The molecule has 2 heterocycles. The Bertz CT molecular complexity index is 1120. The highest BCUT2D eigenvalue weighted by Crippen LogP contribution is 2.35. The van der Waals surface area contributed by atoms with Crippen molar-refractivity contribution < 1.29 is 4.79 Å². The highest BCUT2D eigenvalue weighted by Gasteiger charge is 2.24. The summed E-state index contributed by atoms with van der Waals surface area (Å²) in [5.41, 5.74) is 3.37. The van der Waals surface area contributed by atoms with E-state index >= 15 is 0 Å². The Labute approximate surface area is 170 Å². The van der Waals surface area contributed by atoms with Crippen molar-refractivity contribution in [2.45, 2.75) is 6.92 Å². The van der Waals surface area contributed by atoms with E-state index in [1.807, 2.05) is 37.4 Å². The van der Waals surface area contributed by atoms with Crippen LogP contribution in [0.3, 0.4) is 0 Å². The van der Waals surface area contributed by atoms with E-state index in [1.165, 1.54) is 11.8 Å². The molecule has 7 heteroatoms. The van der Waals surface area contributed by atoms with Gasteiger partial charge in [-0.2, -0.15) is 0 Å². The number of aromatic nitrogens is 1. The number of para-hydroxylation sites is 1. The SMILES string of the molecule is Cc1cnc2ccc(/C=C3/SC(=Nc4c(Cl)cccc4Cl)NC3=O)cc2c1. The molecule has 1 fully saturated rings. The number of rotatable bonds is 2. The number of amidine groups is 1. The molecular weight excluding hydrogens is 401 g/mol. The number of pyridine rings is 1. The summed E-state index contributed by atoms with van der Waals surface area (Å²) in [7, 11) is 0. The standard InChI is InChI=1S/C20H13Cl2N3OS/c1-11-7-13-8-12(5-6-16(13)23-10-11)9-17-19(26)25-20(27-17)24-18-14(21)3-2-4-15(18)22/h2-10H,1H3,(H,24,25,26)/b17-9+. The minimum absolute atomic E-state index is 0.204. The number of amides is 1. The molecule has 1 N–H and O–H groups in total. The lowest BCUT2D eigenvalue weighted by Gasteiger charge is -2.02. The summed E-state index contributed by atoms with van der Waals surface area (Å²) in [5.74, 6) is -0.204. The normalized spacial score (nSPS) is 17.1. The van der Waals surface area contributed by atoms with Gasteiger partial charge in [-0.25, -0.2) is 4.99 Å². The fraction of sp³-hybridized carbons (Fsp3) is 0.0500. The number of carbonyl (C=O) groups is 1. The minimum Gasteiger partial charge on any atom is -0.300 e. The van der Waals surface area contributed by atoms with E-state index < -0.39 is 0 Å². The Balaban J connectivity index is 1.65. The molecule has 0 aliphatic carbocycles. The van der Waals surface area contributed by atoms with Gasteiger partial charge < -0.3 is 5.32 Å². The van der Waals surface area contributed by atoms with Crippen molar-refractivity contribution in [2.24, 2.45) is 4.99 Å². The second kappa shape index (κ2) is 7.35. The van der Waals surface area contributed by atoms with Gasteiger partial charge in [-0.1, -0.05) is 35.3 Å². The van der Waals surface area contributed by atoms with E-state index in [-0.39, 0.29) is 5.91 Å². The Morgan fingerprint density at radius 2 is 1.93 bits per heavy atom. The van der Waals surface area contributed by atoms with E-state index in [2.05, 4.69) is 21.4 Å². The average molecular weight is 414 g/mol. The molecule has 134 valence electrons. The summed E-state index contributed by atoms with van der Waals surface area (Å²) in [5, 5.41) is 5.09. The van der Waals surface area contributed by atoms with Gasteiger partial charge in [0.05, 0.1) is 20.5 Å². The lowest BCUT2D eigenvalue weighted by molar-refractivity contribution is -0.115. The topological polar surface area (TPSA) is 54.4 Å². The summed E-state index contributed by atoms with van der Waals surface area (Å²) in [6.07, 6.45) is 3.67. The van der Waals surface area contributed by atoms with Gasteiger partial charge in [0.1, 0.15) is 5.69 Å². The Kier molecular flexibility index (Phi) is 4.91. The molecule has 1 aliphatic heterocycles. The van der Waals surface area contributed by atoms with E-state index in [0.29, 0.717) is 25.8 Å². The summed E-state index contributed by atoms with van der Waals surface area (Å²) < 4.78 is 0. The first kappa shape index (κ1) is 18.0. The second-order valence-electron chi connectivity index (χ2n) is 6.02. The van der Waals surface area contributed by atoms with Gasteiger partial charge in [-0.05, 0) is 66.2 Å². The van der Waals surface area contributed by atoms with Gasteiger partial charge in [0, 0.05) is 11.6 Å².